The number of hydrogen-bond acceptors (Lipinski definition) is 5. The Hall–Kier alpha value is -3.01. The van der Waals surface area contributed by atoms with E-state index in [4.69, 9.17) is 0 Å². The Bertz CT molecular complexity index is 1350. The SMILES string of the molecule is O=C(NCc1cccs1)C1CCCN1S(=O)(=O)c1ccc2nc(-c3ccccc3)[nH]c2c1. The number of aromatic amines is 1. The third-order valence-corrected chi connectivity index (χ3v) is 8.41. The Morgan fingerprint density at radius 2 is 2.00 bits per heavy atom. The van der Waals surface area contributed by atoms with Crippen LogP contribution in [0, 0.1) is 0 Å². The van der Waals surface area contributed by atoms with Crippen LogP contribution in [0.1, 0.15) is 17.7 Å². The first-order valence-corrected chi connectivity index (χ1v) is 12.7. The average Bonchev–Trinajstić information content (AvgIpc) is 3.58. The van der Waals surface area contributed by atoms with E-state index in [0.717, 1.165) is 10.4 Å². The zero-order chi connectivity index (χ0) is 22.1. The van der Waals surface area contributed by atoms with Gasteiger partial charge in [0.05, 0.1) is 22.5 Å². The predicted molar refractivity (Wildman–Crippen MR) is 125 cm³/mol. The van der Waals surface area contributed by atoms with Crippen molar-refractivity contribution in [1.82, 2.24) is 19.6 Å². The van der Waals surface area contributed by atoms with Gasteiger partial charge in [-0.25, -0.2) is 13.4 Å². The first-order valence-electron chi connectivity index (χ1n) is 10.4. The minimum absolute atomic E-state index is 0.159. The van der Waals surface area contributed by atoms with E-state index in [-0.39, 0.29) is 10.8 Å². The molecular weight excluding hydrogens is 444 g/mol. The van der Waals surface area contributed by atoms with Crippen LogP contribution >= 0.6 is 11.3 Å². The molecule has 1 saturated heterocycles. The first kappa shape index (κ1) is 20.9. The van der Waals surface area contributed by atoms with E-state index in [1.165, 1.54) is 4.31 Å². The number of carbonyl (C=O) groups is 1. The number of amides is 1. The summed E-state index contributed by atoms with van der Waals surface area (Å²) in [5.74, 6) is 0.426. The topological polar surface area (TPSA) is 95.2 Å². The molecule has 2 aromatic carbocycles. The van der Waals surface area contributed by atoms with Gasteiger partial charge in [-0.1, -0.05) is 36.4 Å². The van der Waals surface area contributed by atoms with Crippen LogP contribution in [0.2, 0.25) is 0 Å². The Morgan fingerprint density at radius 1 is 1.16 bits per heavy atom. The molecule has 9 heteroatoms. The number of rotatable bonds is 6. The summed E-state index contributed by atoms with van der Waals surface area (Å²) in [5.41, 5.74) is 2.26. The van der Waals surface area contributed by atoms with Crippen molar-refractivity contribution in [1.29, 1.82) is 0 Å². The minimum atomic E-state index is -3.82. The van der Waals surface area contributed by atoms with E-state index in [1.54, 1.807) is 29.5 Å². The predicted octanol–water partition coefficient (Wildman–Crippen LogP) is 3.76. The highest BCUT2D eigenvalue weighted by atomic mass is 32.2. The molecule has 0 bridgehead atoms. The molecule has 5 rings (SSSR count). The maximum Gasteiger partial charge on any atom is 0.243 e. The average molecular weight is 467 g/mol. The van der Waals surface area contributed by atoms with Crippen LogP contribution < -0.4 is 5.32 Å². The molecular formula is C23H22N4O3S2. The van der Waals surface area contributed by atoms with E-state index in [9.17, 15) is 13.2 Å². The molecule has 1 atom stereocenters. The van der Waals surface area contributed by atoms with Gasteiger partial charge >= 0.3 is 0 Å². The molecule has 4 aromatic rings. The van der Waals surface area contributed by atoms with Gasteiger partial charge in [0, 0.05) is 17.0 Å². The van der Waals surface area contributed by atoms with Crippen LogP contribution in [-0.2, 0) is 21.4 Å². The number of imidazole rings is 1. The number of nitrogens with zero attached hydrogens (tertiary/aromatic N) is 2. The van der Waals surface area contributed by atoms with E-state index in [0.29, 0.717) is 42.8 Å². The molecule has 0 spiro atoms. The molecule has 2 aromatic heterocycles. The van der Waals surface area contributed by atoms with E-state index in [1.807, 2.05) is 47.8 Å². The van der Waals surface area contributed by atoms with Gasteiger partial charge < -0.3 is 10.3 Å². The number of fused-ring (bicyclic) bond motifs is 1. The highest BCUT2D eigenvalue weighted by Gasteiger charge is 2.39. The molecule has 1 aliphatic heterocycles. The highest BCUT2D eigenvalue weighted by Crippen LogP contribution is 2.29. The molecule has 32 heavy (non-hydrogen) atoms. The summed E-state index contributed by atoms with van der Waals surface area (Å²) in [5, 5.41) is 4.83. The second-order valence-corrected chi connectivity index (χ2v) is 10.6. The molecule has 164 valence electrons. The molecule has 0 saturated carbocycles. The van der Waals surface area contributed by atoms with Gasteiger partial charge in [0.25, 0.3) is 0 Å². The van der Waals surface area contributed by atoms with Crippen LogP contribution in [0.25, 0.3) is 22.4 Å². The summed E-state index contributed by atoms with van der Waals surface area (Å²) in [6.45, 7) is 0.735. The second kappa shape index (κ2) is 8.50. The summed E-state index contributed by atoms with van der Waals surface area (Å²) >= 11 is 1.56. The first-order chi connectivity index (χ1) is 15.5. The summed E-state index contributed by atoms with van der Waals surface area (Å²) < 4.78 is 28.2. The molecule has 1 unspecified atom stereocenters. The molecule has 7 nitrogen and oxygen atoms in total. The number of benzene rings is 2. The van der Waals surface area contributed by atoms with Crippen molar-refractivity contribution in [2.45, 2.75) is 30.3 Å². The Balaban J connectivity index is 1.39. The molecule has 1 fully saturated rings. The molecule has 2 N–H and O–H groups in total. The third kappa shape index (κ3) is 3.94. The summed E-state index contributed by atoms with van der Waals surface area (Å²) in [7, 11) is -3.82. The Labute approximate surface area is 190 Å². The quantitative estimate of drug-likeness (QED) is 0.452. The van der Waals surface area contributed by atoms with Crippen LogP contribution in [0.15, 0.2) is 70.9 Å². The zero-order valence-electron chi connectivity index (χ0n) is 17.2. The monoisotopic (exact) mass is 466 g/mol. The van der Waals surface area contributed by atoms with Crippen molar-refractivity contribution in [3.8, 4) is 11.4 Å². The van der Waals surface area contributed by atoms with Crippen molar-refractivity contribution in [2.75, 3.05) is 6.54 Å². The number of thiophene rings is 1. The molecule has 1 aliphatic rings. The lowest BCUT2D eigenvalue weighted by Crippen LogP contribution is -2.45. The molecule has 1 amide bonds. The lowest BCUT2D eigenvalue weighted by molar-refractivity contribution is -0.124. The Morgan fingerprint density at radius 3 is 2.78 bits per heavy atom. The fourth-order valence-electron chi connectivity index (χ4n) is 4.01. The van der Waals surface area contributed by atoms with Gasteiger partial charge in [0.15, 0.2) is 0 Å². The third-order valence-electron chi connectivity index (χ3n) is 5.63. The number of nitrogens with one attached hydrogen (secondary N) is 2. The summed E-state index contributed by atoms with van der Waals surface area (Å²) in [6.07, 6.45) is 1.17. The Kier molecular flexibility index (Phi) is 5.54. The van der Waals surface area contributed by atoms with Gasteiger partial charge in [0.2, 0.25) is 15.9 Å². The summed E-state index contributed by atoms with van der Waals surface area (Å²) in [6, 6.07) is 17.7. The van der Waals surface area contributed by atoms with Gasteiger partial charge in [-0.2, -0.15) is 4.31 Å². The lowest BCUT2D eigenvalue weighted by atomic mass is 10.2. The molecule has 3 heterocycles. The fourth-order valence-corrected chi connectivity index (χ4v) is 6.34. The fraction of sp³-hybridized carbons (Fsp3) is 0.217. The second-order valence-electron chi connectivity index (χ2n) is 7.70. The maximum absolute atomic E-state index is 13.4. The van der Waals surface area contributed by atoms with Crippen LogP contribution in [-0.4, -0.2) is 41.2 Å². The normalized spacial score (nSPS) is 17.1. The van der Waals surface area contributed by atoms with Gasteiger partial charge in [-0.05, 0) is 42.5 Å². The molecule has 0 aliphatic carbocycles. The van der Waals surface area contributed by atoms with Crippen molar-refractivity contribution in [2.24, 2.45) is 0 Å². The van der Waals surface area contributed by atoms with Gasteiger partial charge in [-0.15, -0.1) is 11.3 Å². The standard InChI is InChI=1S/C23H22N4O3S2/c28-23(24-15-17-8-5-13-31-17)21-9-4-12-27(21)32(29,30)18-10-11-19-20(14-18)26-22(25-19)16-6-2-1-3-7-16/h1-3,5-8,10-11,13-14,21H,4,9,12,15H2,(H,24,28)(H,25,26). The number of carbonyl (C=O) groups excluding carboxylic acids is 1. The largest absolute Gasteiger partial charge is 0.350 e. The maximum atomic E-state index is 13.4. The number of H-pyrrole nitrogens is 1. The van der Waals surface area contributed by atoms with E-state index < -0.39 is 16.1 Å². The highest BCUT2D eigenvalue weighted by molar-refractivity contribution is 7.89. The van der Waals surface area contributed by atoms with Crippen LogP contribution in [0.5, 0.6) is 0 Å². The van der Waals surface area contributed by atoms with Crippen LogP contribution in [0.4, 0.5) is 0 Å². The van der Waals surface area contributed by atoms with Crippen molar-refractivity contribution < 1.29 is 13.2 Å². The van der Waals surface area contributed by atoms with Gasteiger partial charge in [-0.3, -0.25) is 4.79 Å². The van der Waals surface area contributed by atoms with Crippen molar-refractivity contribution >= 4 is 38.3 Å². The lowest BCUT2D eigenvalue weighted by Gasteiger charge is -2.23. The van der Waals surface area contributed by atoms with Crippen molar-refractivity contribution in [3.05, 3.63) is 70.9 Å². The van der Waals surface area contributed by atoms with Gasteiger partial charge in [0.1, 0.15) is 11.9 Å². The molecule has 0 radical (unpaired) electrons. The number of hydrogen-bond donors (Lipinski definition) is 2. The smallest absolute Gasteiger partial charge is 0.243 e. The number of sulfonamides is 1. The summed E-state index contributed by atoms with van der Waals surface area (Å²) in [4.78, 5) is 21.7. The van der Waals surface area contributed by atoms with E-state index in [2.05, 4.69) is 15.3 Å². The zero-order valence-corrected chi connectivity index (χ0v) is 18.8. The number of aromatic nitrogens is 2. The van der Waals surface area contributed by atoms with Crippen molar-refractivity contribution in [3.63, 3.8) is 0 Å². The van der Waals surface area contributed by atoms with Crippen LogP contribution in [0.3, 0.4) is 0 Å². The van der Waals surface area contributed by atoms with E-state index >= 15 is 0 Å². The minimum Gasteiger partial charge on any atom is -0.350 e.